The number of anilines is 1. The Morgan fingerprint density at radius 3 is 2.82 bits per heavy atom. The van der Waals surface area contributed by atoms with E-state index in [0.29, 0.717) is 16.9 Å². The van der Waals surface area contributed by atoms with Crippen molar-refractivity contribution in [3.63, 3.8) is 0 Å². The topological polar surface area (TPSA) is 72.2 Å². The highest BCUT2D eigenvalue weighted by atomic mass is 19.1. The van der Waals surface area contributed by atoms with Crippen molar-refractivity contribution in [3.05, 3.63) is 35.8 Å². The number of furan rings is 1. The van der Waals surface area contributed by atoms with Crippen molar-refractivity contribution in [3.8, 4) is 22.9 Å². The number of methoxy groups -OCH3 is 1. The van der Waals surface area contributed by atoms with E-state index in [1.54, 1.807) is 0 Å². The lowest BCUT2D eigenvalue weighted by molar-refractivity contribution is 0.415. The number of nitrogens with zero attached hydrogens (tertiary/aromatic N) is 1. The van der Waals surface area contributed by atoms with E-state index in [1.165, 1.54) is 31.6 Å². The van der Waals surface area contributed by atoms with Gasteiger partial charge in [-0.1, -0.05) is 0 Å². The zero-order valence-corrected chi connectivity index (χ0v) is 9.03. The van der Waals surface area contributed by atoms with Crippen molar-refractivity contribution < 1.29 is 13.5 Å². The molecule has 17 heavy (non-hydrogen) atoms. The molecule has 0 fully saturated rings. The number of rotatable bonds is 2. The van der Waals surface area contributed by atoms with Gasteiger partial charge >= 0.3 is 0 Å². The van der Waals surface area contributed by atoms with Crippen LogP contribution in [0.5, 0.6) is 5.75 Å². The van der Waals surface area contributed by atoms with Gasteiger partial charge in [-0.15, -0.1) is 0 Å². The van der Waals surface area contributed by atoms with E-state index in [4.69, 9.17) is 20.1 Å². The predicted octanol–water partition coefficient (Wildman–Crippen LogP) is 2.55. The van der Waals surface area contributed by atoms with Gasteiger partial charge in [0, 0.05) is 11.1 Å². The Bertz CT molecular complexity index is 599. The highest BCUT2D eigenvalue weighted by Gasteiger charge is 2.16. The van der Waals surface area contributed by atoms with Crippen LogP contribution in [0.25, 0.3) is 11.1 Å². The van der Waals surface area contributed by atoms with Crippen LogP contribution in [0.1, 0.15) is 5.56 Å². The summed E-state index contributed by atoms with van der Waals surface area (Å²) < 4.78 is 23.3. The van der Waals surface area contributed by atoms with Crippen molar-refractivity contribution in [1.29, 1.82) is 5.26 Å². The molecule has 0 spiro atoms. The van der Waals surface area contributed by atoms with Gasteiger partial charge in [0.25, 0.3) is 0 Å². The Hall–Kier alpha value is -2.48. The van der Waals surface area contributed by atoms with Crippen LogP contribution in [0.3, 0.4) is 0 Å². The SMILES string of the molecule is COc1ccc(F)cc1-c1coc(N)c1C#N. The molecule has 2 N–H and O–H groups in total. The molecule has 1 aromatic heterocycles. The number of nitrogen functional groups attached to an aromatic ring is 1. The summed E-state index contributed by atoms with van der Waals surface area (Å²) in [5.74, 6) is 0.0296. The maximum Gasteiger partial charge on any atom is 0.208 e. The van der Waals surface area contributed by atoms with Gasteiger partial charge in [0.15, 0.2) is 0 Å². The van der Waals surface area contributed by atoms with Crippen molar-refractivity contribution in [1.82, 2.24) is 0 Å². The fraction of sp³-hybridized carbons (Fsp3) is 0.0833. The molecule has 4 nitrogen and oxygen atoms in total. The highest BCUT2D eigenvalue weighted by Crippen LogP contribution is 2.35. The molecular weight excluding hydrogens is 223 g/mol. The molecule has 5 heteroatoms. The van der Waals surface area contributed by atoms with Crippen LogP contribution < -0.4 is 10.5 Å². The number of ether oxygens (including phenoxy) is 1. The second-order valence-electron chi connectivity index (χ2n) is 3.35. The predicted molar refractivity (Wildman–Crippen MR) is 59.8 cm³/mol. The zero-order valence-electron chi connectivity index (χ0n) is 9.03. The monoisotopic (exact) mass is 232 g/mol. The maximum absolute atomic E-state index is 13.2. The molecule has 0 aliphatic heterocycles. The van der Waals surface area contributed by atoms with Crippen LogP contribution in [0.15, 0.2) is 28.9 Å². The molecule has 0 unspecified atom stereocenters. The van der Waals surface area contributed by atoms with Gasteiger partial charge in [0.2, 0.25) is 5.88 Å². The molecule has 1 aromatic carbocycles. The van der Waals surface area contributed by atoms with Gasteiger partial charge < -0.3 is 14.9 Å². The molecule has 0 radical (unpaired) electrons. The average Bonchev–Trinajstić information content (AvgIpc) is 2.70. The fourth-order valence-electron chi connectivity index (χ4n) is 1.58. The van der Waals surface area contributed by atoms with Gasteiger partial charge in [0.1, 0.15) is 29.5 Å². The third-order valence-electron chi connectivity index (χ3n) is 2.38. The molecule has 0 saturated heterocycles. The molecule has 86 valence electrons. The second kappa shape index (κ2) is 4.18. The van der Waals surface area contributed by atoms with E-state index < -0.39 is 5.82 Å². The summed E-state index contributed by atoms with van der Waals surface area (Å²) in [5, 5.41) is 8.96. The lowest BCUT2D eigenvalue weighted by atomic mass is 10.0. The number of benzene rings is 1. The Kier molecular flexibility index (Phi) is 2.71. The Morgan fingerprint density at radius 1 is 1.41 bits per heavy atom. The Balaban J connectivity index is 2.68. The Labute approximate surface area is 97.0 Å². The van der Waals surface area contributed by atoms with E-state index in [2.05, 4.69) is 0 Å². The maximum atomic E-state index is 13.2. The van der Waals surface area contributed by atoms with Crippen LogP contribution in [0.4, 0.5) is 10.3 Å². The van der Waals surface area contributed by atoms with Crippen LogP contribution in [0, 0.1) is 17.1 Å². The van der Waals surface area contributed by atoms with Crippen molar-refractivity contribution in [2.24, 2.45) is 0 Å². The lowest BCUT2D eigenvalue weighted by Crippen LogP contribution is -1.91. The summed E-state index contributed by atoms with van der Waals surface area (Å²) in [6.45, 7) is 0. The summed E-state index contributed by atoms with van der Waals surface area (Å²) in [4.78, 5) is 0. The second-order valence-corrected chi connectivity index (χ2v) is 3.35. The van der Waals surface area contributed by atoms with Crippen LogP contribution in [0.2, 0.25) is 0 Å². The minimum absolute atomic E-state index is 0.00816. The van der Waals surface area contributed by atoms with Gasteiger partial charge in [-0.2, -0.15) is 5.26 Å². The van der Waals surface area contributed by atoms with Crippen LogP contribution >= 0.6 is 0 Å². The minimum atomic E-state index is -0.426. The number of nitrogens with two attached hydrogens (primary N) is 1. The van der Waals surface area contributed by atoms with Crippen molar-refractivity contribution >= 4 is 5.88 Å². The van der Waals surface area contributed by atoms with Crippen molar-refractivity contribution in [2.75, 3.05) is 12.8 Å². The molecule has 0 bridgehead atoms. The summed E-state index contributed by atoms with van der Waals surface area (Å²) >= 11 is 0. The Morgan fingerprint density at radius 2 is 2.18 bits per heavy atom. The number of hydrogen-bond donors (Lipinski definition) is 1. The van der Waals surface area contributed by atoms with Crippen LogP contribution in [-0.4, -0.2) is 7.11 Å². The first kappa shape index (κ1) is 11.0. The first-order chi connectivity index (χ1) is 8.17. The zero-order chi connectivity index (χ0) is 12.4. The van der Waals surface area contributed by atoms with E-state index >= 15 is 0 Å². The first-order valence-corrected chi connectivity index (χ1v) is 4.78. The molecule has 0 aliphatic carbocycles. The smallest absolute Gasteiger partial charge is 0.208 e. The number of hydrogen-bond acceptors (Lipinski definition) is 4. The molecule has 2 rings (SSSR count). The molecule has 0 aliphatic rings. The van der Waals surface area contributed by atoms with Gasteiger partial charge in [0.05, 0.1) is 7.11 Å². The molecule has 1 heterocycles. The summed E-state index contributed by atoms with van der Waals surface area (Å²) in [7, 11) is 1.46. The van der Waals surface area contributed by atoms with E-state index in [0.717, 1.165) is 0 Å². The van der Waals surface area contributed by atoms with E-state index in [9.17, 15) is 4.39 Å². The largest absolute Gasteiger partial charge is 0.496 e. The third-order valence-corrected chi connectivity index (χ3v) is 2.38. The van der Waals surface area contributed by atoms with Crippen LogP contribution in [-0.2, 0) is 0 Å². The average molecular weight is 232 g/mol. The lowest BCUT2D eigenvalue weighted by Gasteiger charge is -2.06. The van der Waals surface area contributed by atoms with Gasteiger partial charge in [-0.3, -0.25) is 0 Å². The summed E-state index contributed by atoms with van der Waals surface area (Å²) in [6, 6.07) is 5.94. The molecule has 0 saturated carbocycles. The molecular formula is C12H9FN2O2. The minimum Gasteiger partial charge on any atom is -0.496 e. The normalized spacial score (nSPS) is 9.94. The number of halogens is 1. The van der Waals surface area contributed by atoms with Crippen molar-refractivity contribution in [2.45, 2.75) is 0 Å². The van der Waals surface area contributed by atoms with Gasteiger partial charge in [-0.25, -0.2) is 4.39 Å². The third kappa shape index (κ3) is 1.81. The fourth-order valence-corrected chi connectivity index (χ4v) is 1.58. The first-order valence-electron chi connectivity index (χ1n) is 4.78. The molecule has 2 aromatic rings. The molecule has 0 atom stereocenters. The highest BCUT2D eigenvalue weighted by molar-refractivity contribution is 5.78. The molecule has 0 amide bonds. The number of nitriles is 1. The van der Waals surface area contributed by atoms with E-state index in [-0.39, 0.29) is 11.4 Å². The van der Waals surface area contributed by atoms with E-state index in [1.807, 2.05) is 6.07 Å². The standard InChI is InChI=1S/C12H9FN2O2/c1-16-11-3-2-7(13)4-8(11)10-6-17-12(15)9(10)5-14/h2-4,6H,15H2,1H3. The quantitative estimate of drug-likeness (QED) is 0.863. The van der Waals surface area contributed by atoms with Gasteiger partial charge in [-0.05, 0) is 18.2 Å². The summed E-state index contributed by atoms with van der Waals surface area (Å²) in [6.07, 6.45) is 1.31. The summed E-state index contributed by atoms with van der Waals surface area (Å²) in [5.41, 5.74) is 6.52.